The summed E-state index contributed by atoms with van der Waals surface area (Å²) in [5, 5.41) is 8.22. The van der Waals surface area contributed by atoms with Crippen molar-refractivity contribution in [2.45, 2.75) is 39.0 Å². The van der Waals surface area contributed by atoms with Gasteiger partial charge in [-0.1, -0.05) is 0 Å². The highest BCUT2D eigenvalue weighted by atomic mass is 19.1. The van der Waals surface area contributed by atoms with Gasteiger partial charge in [-0.15, -0.1) is 10.2 Å². The Labute approximate surface area is 129 Å². The van der Waals surface area contributed by atoms with Gasteiger partial charge in [-0.05, 0) is 45.0 Å². The Hall–Kier alpha value is -1.79. The van der Waals surface area contributed by atoms with Crippen molar-refractivity contribution >= 4 is 0 Å². The minimum absolute atomic E-state index is 0.0236. The fourth-order valence-corrected chi connectivity index (χ4v) is 2.80. The Morgan fingerprint density at radius 3 is 2.41 bits per heavy atom. The van der Waals surface area contributed by atoms with Crippen LogP contribution in [0.3, 0.4) is 0 Å². The Balaban J connectivity index is 1.76. The summed E-state index contributed by atoms with van der Waals surface area (Å²) >= 11 is 0. The molecule has 1 aromatic carbocycles. The van der Waals surface area contributed by atoms with E-state index in [-0.39, 0.29) is 24.1 Å². The van der Waals surface area contributed by atoms with E-state index in [1.807, 2.05) is 6.92 Å². The van der Waals surface area contributed by atoms with Gasteiger partial charge in [-0.25, -0.2) is 4.39 Å². The number of morpholine rings is 1. The zero-order valence-electron chi connectivity index (χ0n) is 13.0. The first-order valence-corrected chi connectivity index (χ1v) is 7.52. The van der Waals surface area contributed by atoms with Crippen LogP contribution in [0.4, 0.5) is 4.39 Å². The molecular formula is C16H20FN3O2. The van der Waals surface area contributed by atoms with Crippen LogP contribution in [0.25, 0.3) is 11.5 Å². The van der Waals surface area contributed by atoms with Crippen LogP contribution in [0.15, 0.2) is 28.7 Å². The molecule has 0 radical (unpaired) electrons. The smallest absolute Gasteiger partial charge is 0.247 e. The first kappa shape index (κ1) is 15.1. The first-order valence-electron chi connectivity index (χ1n) is 7.52. The predicted octanol–water partition coefficient (Wildman–Crippen LogP) is 3.05. The van der Waals surface area contributed by atoms with Gasteiger partial charge in [0.25, 0.3) is 0 Å². The molecule has 0 N–H and O–H groups in total. The molecule has 6 heteroatoms. The molecule has 1 fully saturated rings. The van der Waals surface area contributed by atoms with Crippen molar-refractivity contribution < 1.29 is 13.5 Å². The van der Waals surface area contributed by atoms with Crippen molar-refractivity contribution in [3.8, 4) is 11.5 Å². The maximum atomic E-state index is 13.0. The van der Waals surface area contributed by atoms with Crippen LogP contribution in [0, 0.1) is 5.82 Å². The summed E-state index contributed by atoms with van der Waals surface area (Å²) < 4.78 is 24.5. The molecule has 118 valence electrons. The molecule has 22 heavy (non-hydrogen) atoms. The van der Waals surface area contributed by atoms with Crippen molar-refractivity contribution in [3.63, 3.8) is 0 Å². The number of hydrogen-bond acceptors (Lipinski definition) is 5. The van der Waals surface area contributed by atoms with Gasteiger partial charge in [0.15, 0.2) is 0 Å². The van der Waals surface area contributed by atoms with E-state index >= 15 is 0 Å². The summed E-state index contributed by atoms with van der Waals surface area (Å²) in [6, 6.07) is 6.06. The molecule has 3 unspecified atom stereocenters. The van der Waals surface area contributed by atoms with Gasteiger partial charge in [-0.2, -0.15) is 0 Å². The summed E-state index contributed by atoms with van der Waals surface area (Å²) in [5.41, 5.74) is 0.719. The van der Waals surface area contributed by atoms with Crippen LogP contribution in [0.2, 0.25) is 0 Å². The Morgan fingerprint density at radius 2 is 1.77 bits per heavy atom. The normalized spacial score (nSPS) is 24.4. The van der Waals surface area contributed by atoms with Crippen LogP contribution >= 0.6 is 0 Å². The summed E-state index contributed by atoms with van der Waals surface area (Å²) in [7, 11) is 0. The maximum absolute atomic E-state index is 13.0. The molecule has 1 aliphatic rings. The van der Waals surface area contributed by atoms with E-state index < -0.39 is 0 Å². The number of nitrogens with zero attached hydrogens (tertiary/aromatic N) is 3. The lowest BCUT2D eigenvalue weighted by molar-refractivity contribution is -0.0814. The van der Waals surface area contributed by atoms with Gasteiger partial charge in [-0.3, -0.25) is 4.90 Å². The van der Waals surface area contributed by atoms with Gasteiger partial charge in [0.2, 0.25) is 11.8 Å². The van der Waals surface area contributed by atoms with E-state index in [2.05, 4.69) is 28.9 Å². The van der Waals surface area contributed by atoms with Crippen LogP contribution in [-0.2, 0) is 4.74 Å². The van der Waals surface area contributed by atoms with E-state index in [1.54, 1.807) is 12.1 Å². The number of halogens is 1. The SMILES string of the molecule is CC1CN(C(C)c2nnc(-c3ccc(F)cc3)o2)CC(C)O1. The molecule has 0 saturated carbocycles. The average molecular weight is 305 g/mol. The van der Waals surface area contributed by atoms with Crippen molar-refractivity contribution in [2.24, 2.45) is 0 Å². The molecule has 0 amide bonds. The van der Waals surface area contributed by atoms with Crippen molar-refractivity contribution in [3.05, 3.63) is 36.0 Å². The van der Waals surface area contributed by atoms with Crippen LogP contribution in [-0.4, -0.2) is 40.4 Å². The predicted molar refractivity (Wildman–Crippen MR) is 79.7 cm³/mol. The van der Waals surface area contributed by atoms with E-state index in [0.29, 0.717) is 11.8 Å². The summed E-state index contributed by atoms with van der Waals surface area (Å²) in [4.78, 5) is 2.28. The maximum Gasteiger partial charge on any atom is 0.247 e. The summed E-state index contributed by atoms with van der Waals surface area (Å²) in [5.74, 6) is 0.699. The number of aromatic nitrogens is 2. The number of ether oxygens (including phenoxy) is 1. The van der Waals surface area contributed by atoms with Crippen LogP contribution in [0.1, 0.15) is 32.7 Å². The first-order chi connectivity index (χ1) is 10.5. The van der Waals surface area contributed by atoms with Crippen molar-refractivity contribution in [1.29, 1.82) is 0 Å². The number of benzene rings is 1. The second-order valence-electron chi connectivity index (χ2n) is 5.84. The largest absolute Gasteiger partial charge is 0.419 e. The fourth-order valence-electron chi connectivity index (χ4n) is 2.80. The van der Waals surface area contributed by atoms with Gasteiger partial charge >= 0.3 is 0 Å². The third kappa shape index (κ3) is 3.18. The molecule has 2 heterocycles. The monoisotopic (exact) mass is 305 g/mol. The van der Waals surface area contributed by atoms with Crippen LogP contribution < -0.4 is 0 Å². The second-order valence-corrected chi connectivity index (χ2v) is 5.84. The van der Waals surface area contributed by atoms with E-state index in [1.165, 1.54) is 12.1 Å². The Morgan fingerprint density at radius 1 is 1.14 bits per heavy atom. The molecule has 2 aromatic rings. The summed E-state index contributed by atoms with van der Waals surface area (Å²) in [6.07, 6.45) is 0.372. The third-order valence-electron chi connectivity index (χ3n) is 3.88. The number of rotatable bonds is 3. The highest BCUT2D eigenvalue weighted by molar-refractivity contribution is 5.51. The topological polar surface area (TPSA) is 51.4 Å². The van der Waals surface area contributed by atoms with Crippen LogP contribution in [0.5, 0.6) is 0 Å². The zero-order chi connectivity index (χ0) is 15.7. The molecule has 5 nitrogen and oxygen atoms in total. The number of hydrogen-bond donors (Lipinski definition) is 0. The quantitative estimate of drug-likeness (QED) is 0.872. The lowest BCUT2D eigenvalue weighted by Gasteiger charge is -2.37. The van der Waals surface area contributed by atoms with Crippen molar-refractivity contribution in [1.82, 2.24) is 15.1 Å². The molecule has 1 saturated heterocycles. The van der Waals surface area contributed by atoms with E-state index in [9.17, 15) is 4.39 Å². The van der Waals surface area contributed by atoms with Gasteiger partial charge in [0.05, 0.1) is 18.2 Å². The molecule has 1 aromatic heterocycles. The Kier molecular flexibility index (Phi) is 4.22. The van der Waals surface area contributed by atoms with E-state index in [4.69, 9.17) is 9.15 Å². The Bertz CT molecular complexity index is 619. The third-order valence-corrected chi connectivity index (χ3v) is 3.88. The second kappa shape index (κ2) is 6.14. The minimum Gasteiger partial charge on any atom is -0.419 e. The molecule has 3 atom stereocenters. The molecule has 1 aliphatic heterocycles. The molecule has 0 spiro atoms. The zero-order valence-corrected chi connectivity index (χ0v) is 13.0. The fraction of sp³-hybridized carbons (Fsp3) is 0.500. The van der Waals surface area contributed by atoms with Gasteiger partial charge in [0, 0.05) is 18.7 Å². The molecular weight excluding hydrogens is 285 g/mol. The summed E-state index contributed by atoms with van der Waals surface area (Å²) in [6.45, 7) is 7.84. The lowest BCUT2D eigenvalue weighted by atomic mass is 10.2. The van der Waals surface area contributed by atoms with E-state index in [0.717, 1.165) is 18.7 Å². The van der Waals surface area contributed by atoms with Gasteiger partial charge in [0.1, 0.15) is 5.82 Å². The highest BCUT2D eigenvalue weighted by Gasteiger charge is 2.29. The highest BCUT2D eigenvalue weighted by Crippen LogP contribution is 2.26. The standard InChI is InChI=1S/C16H20FN3O2/c1-10-8-20(9-11(2)21-10)12(3)15-18-19-16(22-15)13-4-6-14(17)7-5-13/h4-7,10-12H,8-9H2,1-3H3. The molecule has 0 aliphatic carbocycles. The average Bonchev–Trinajstić information content (AvgIpc) is 2.96. The van der Waals surface area contributed by atoms with Crippen molar-refractivity contribution in [2.75, 3.05) is 13.1 Å². The minimum atomic E-state index is -0.284. The lowest BCUT2D eigenvalue weighted by Crippen LogP contribution is -2.46. The molecule has 0 bridgehead atoms. The molecule has 3 rings (SSSR count). The van der Waals surface area contributed by atoms with Gasteiger partial charge < -0.3 is 9.15 Å².